The van der Waals surface area contributed by atoms with Crippen LogP contribution in [0.15, 0.2) is 24.8 Å². The Bertz CT molecular complexity index is 524. The summed E-state index contributed by atoms with van der Waals surface area (Å²) < 4.78 is 10.6. The largest absolute Gasteiger partial charge is 0.394 e. The SMILES string of the molecule is C=CC1CC(/C=C/C)CC1C(=O)NCCOC1OC(CO)C(O)C(O)C1O. The highest BCUT2D eigenvalue weighted by Gasteiger charge is 2.44. The molecule has 8 unspecified atom stereocenters. The summed E-state index contributed by atoms with van der Waals surface area (Å²) in [4.78, 5) is 12.4. The van der Waals surface area contributed by atoms with E-state index < -0.39 is 37.3 Å². The molecule has 0 spiro atoms. The van der Waals surface area contributed by atoms with Crippen molar-refractivity contribution in [3.05, 3.63) is 24.8 Å². The Morgan fingerprint density at radius 2 is 2.00 bits per heavy atom. The van der Waals surface area contributed by atoms with Crippen molar-refractivity contribution in [2.45, 2.75) is 50.5 Å². The van der Waals surface area contributed by atoms with E-state index in [1.54, 1.807) is 0 Å². The summed E-state index contributed by atoms with van der Waals surface area (Å²) in [5.41, 5.74) is 0. The van der Waals surface area contributed by atoms with E-state index in [2.05, 4.69) is 18.0 Å². The van der Waals surface area contributed by atoms with Gasteiger partial charge in [0.25, 0.3) is 0 Å². The van der Waals surface area contributed by atoms with Crippen LogP contribution in [0.1, 0.15) is 19.8 Å². The Morgan fingerprint density at radius 3 is 2.63 bits per heavy atom. The summed E-state index contributed by atoms with van der Waals surface area (Å²) in [7, 11) is 0. The first kappa shape index (κ1) is 22.0. The minimum absolute atomic E-state index is 0.0538. The fourth-order valence-electron chi connectivity index (χ4n) is 3.79. The fourth-order valence-corrected chi connectivity index (χ4v) is 3.79. The third-order valence-corrected chi connectivity index (χ3v) is 5.28. The molecular weight excluding hydrogens is 354 g/mol. The van der Waals surface area contributed by atoms with Crippen LogP contribution in [-0.2, 0) is 14.3 Å². The second-order valence-corrected chi connectivity index (χ2v) is 7.12. The summed E-state index contributed by atoms with van der Waals surface area (Å²) in [6.07, 6.45) is 1.08. The summed E-state index contributed by atoms with van der Waals surface area (Å²) in [5, 5.41) is 41.3. The molecule has 0 aromatic carbocycles. The van der Waals surface area contributed by atoms with Crippen LogP contribution >= 0.6 is 0 Å². The Hall–Kier alpha value is -1.29. The lowest BCUT2D eigenvalue weighted by atomic mass is 9.95. The number of aliphatic hydroxyl groups is 4. The number of carbonyl (C=O) groups excluding carboxylic acids is 1. The van der Waals surface area contributed by atoms with Gasteiger partial charge in [0, 0.05) is 12.5 Å². The van der Waals surface area contributed by atoms with E-state index in [0.717, 1.165) is 12.8 Å². The molecule has 1 heterocycles. The maximum atomic E-state index is 12.4. The Labute approximate surface area is 159 Å². The van der Waals surface area contributed by atoms with Crippen LogP contribution in [0.5, 0.6) is 0 Å². The molecule has 1 aliphatic heterocycles. The van der Waals surface area contributed by atoms with Crippen LogP contribution in [0.3, 0.4) is 0 Å². The average Bonchev–Trinajstić information content (AvgIpc) is 3.08. The van der Waals surface area contributed by atoms with Gasteiger partial charge in [-0.1, -0.05) is 18.2 Å². The second kappa shape index (κ2) is 10.3. The molecule has 2 aliphatic rings. The zero-order chi connectivity index (χ0) is 20.0. The van der Waals surface area contributed by atoms with Gasteiger partial charge in [-0.05, 0) is 31.6 Å². The van der Waals surface area contributed by atoms with Gasteiger partial charge >= 0.3 is 0 Å². The molecule has 154 valence electrons. The number of hydrogen-bond donors (Lipinski definition) is 5. The number of carbonyl (C=O) groups is 1. The number of amides is 1. The summed E-state index contributed by atoms with van der Waals surface area (Å²) in [5.74, 6) is 0.317. The number of aliphatic hydroxyl groups excluding tert-OH is 4. The normalized spacial score (nSPS) is 39.6. The van der Waals surface area contributed by atoms with Gasteiger partial charge in [0.1, 0.15) is 24.4 Å². The molecule has 1 amide bonds. The van der Waals surface area contributed by atoms with Crippen LogP contribution in [0.25, 0.3) is 0 Å². The molecule has 8 nitrogen and oxygen atoms in total. The highest BCUT2D eigenvalue weighted by molar-refractivity contribution is 5.79. The van der Waals surface area contributed by atoms with Crippen molar-refractivity contribution in [2.75, 3.05) is 19.8 Å². The maximum Gasteiger partial charge on any atom is 0.223 e. The molecule has 5 N–H and O–H groups in total. The zero-order valence-electron chi connectivity index (χ0n) is 15.6. The number of ether oxygens (including phenoxy) is 2. The van der Waals surface area contributed by atoms with Crippen LogP contribution < -0.4 is 5.32 Å². The zero-order valence-corrected chi connectivity index (χ0v) is 15.6. The monoisotopic (exact) mass is 385 g/mol. The minimum Gasteiger partial charge on any atom is -0.394 e. The van der Waals surface area contributed by atoms with E-state index >= 15 is 0 Å². The van der Waals surface area contributed by atoms with E-state index in [1.165, 1.54) is 0 Å². The number of hydrogen-bond acceptors (Lipinski definition) is 7. The number of rotatable bonds is 8. The predicted octanol–water partition coefficient (Wildman–Crippen LogP) is -0.676. The quantitative estimate of drug-likeness (QED) is 0.277. The molecule has 27 heavy (non-hydrogen) atoms. The van der Waals surface area contributed by atoms with Gasteiger partial charge in [0.05, 0.1) is 13.2 Å². The highest BCUT2D eigenvalue weighted by Crippen LogP contribution is 2.38. The third-order valence-electron chi connectivity index (χ3n) is 5.28. The predicted molar refractivity (Wildman–Crippen MR) is 97.4 cm³/mol. The third kappa shape index (κ3) is 5.37. The van der Waals surface area contributed by atoms with Gasteiger partial charge in [-0.3, -0.25) is 4.79 Å². The van der Waals surface area contributed by atoms with E-state index in [9.17, 15) is 20.1 Å². The van der Waals surface area contributed by atoms with Crippen molar-refractivity contribution in [3.63, 3.8) is 0 Å². The smallest absolute Gasteiger partial charge is 0.223 e. The van der Waals surface area contributed by atoms with Crippen molar-refractivity contribution in [1.29, 1.82) is 0 Å². The van der Waals surface area contributed by atoms with Gasteiger partial charge < -0.3 is 35.2 Å². The molecule has 8 atom stereocenters. The van der Waals surface area contributed by atoms with E-state index in [0.29, 0.717) is 5.92 Å². The molecule has 0 aromatic heterocycles. The molecular formula is C19H31NO7. The number of allylic oxidation sites excluding steroid dienone is 3. The molecule has 2 fully saturated rings. The van der Waals surface area contributed by atoms with Crippen molar-refractivity contribution in [1.82, 2.24) is 5.32 Å². The van der Waals surface area contributed by atoms with E-state index in [1.807, 2.05) is 19.1 Å². The molecule has 1 saturated heterocycles. The number of nitrogens with one attached hydrogen (secondary N) is 1. The Balaban J connectivity index is 1.77. The van der Waals surface area contributed by atoms with Gasteiger partial charge in [0.15, 0.2) is 6.29 Å². The van der Waals surface area contributed by atoms with Crippen LogP contribution in [0, 0.1) is 17.8 Å². The second-order valence-electron chi connectivity index (χ2n) is 7.12. The molecule has 1 aliphatic carbocycles. The molecule has 0 aromatic rings. The first-order chi connectivity index (χ1) is 12.9. The molecule has 2 rings (SSSR count). The Kier molecular flexibility index (Phi) is 8.40. The molecule has 8 heteroatoms. The van der Waals surface area contributed by atoms with Gasteiger partial charge in [-0.2, -0.15) is 0 Å². The lowest BCUT2D eigenvalue weighted by Crippen LogP contribution is -2.59. The first-order valence-electron chi connectivity index (χ1n) is 9.38. The van der Waals surface area contributed by atoms with Gasteiger partial charge in [-0.15, -0.1) is 6.58 Å². The lowest BCUT2D eigenvalue weighted by Gasteiger charge is -2.39. The summed E-state index contributed by atoms with van der Waals surface area (Å²) in [6, 6.07) is 0. The minimum atomic E-state index is -1.48. The summed E-state index contributed by atoms with van der Waals surface area (Å²) >= 11 is 0. The van der Waals surface area contributed by atoms with E-state index in [-0.39, 0.29) is 30.9 Å². The molecule has 1 saturated carbocycles. The van der Waals surface area contributed by atoms with E-state index in [4.69, 9.17) is 14.6 Å². The Morgan fingerprint density at radius 1 is 1.26 bits per heavy atom. The van der Waals surface area contributed by atoms with Gasteiger partial charge in [0.2, 0.25) is 5.91 Å². The van der Waals surface area contributed by atoms with Crippen LogP contribution in [0.2, 0.25) is 0 Å². The molecule has 0 bridgehead atoms. The maximum absolute atomic E-state index is 12.4. The topological polar surface area (TPSA) is 128 Å². The van der Waals surface area contributed by atoms with Gasteiger partial charge in [-0.25, -0.2) is 0 Å². The fraction of sp³-hybridized carbons (Fsp3) is 0.737. The first-order valence-corrected chi connectivity index (χ1v) is 9.38. The van der Waals surface area contributed by atoms with Crippen molar-refractivity contribution >= 4 is 5.91 Å². The van der Waals surface area contributed by atoms with Crippen molar-refractivity contribution in [3.8, 4) is 0 Å². The average molecular weight is 385 g/mol. The van der Waals surface area contributed by atoms with Crippen LogP contribution in [0.4, 0.5) is 0 Å². The van der Waals surface area contributed by atoms with Crippen molar-refractivity contribution in [2.24, 2.45) is 17.8 Å². The highest BCUT2D eigenvalue weighted by atomic mass is 16.7. The summed E-state index contributed by atoms with van der Waals surface area (Å²) in [6.45, 7) is 5.54. The molecule has 0 radical (unpaired) electrons. The lowest BCUT2D eigenvalue weighted by molar-refractivity contribution is -0.300. The van der Waals surface area contributed by atoms with Crippen molar-refractivity contribution < 1.29 is 34.7 Å². The standard InChI is InChI=1S/C19H31NO7/c1-3-5-11-8-12(4-2)13(9-11)18(25)20-6-7-26-19-17(24)16(23)15(22)14(10-21)27-19/h3-5,11-17,19,21-24H,2,6-10H2,1H3,(H,20,25)/b5-3+. The van der Waals surface area contributed by atoms with Crippen LogP contribution in [-0.4, -0.2) is 76.8 Å².